The van der Waals surface area contributed by atoms with Gasteiger partial charge in [-0.1, -0.05) is 49.4 Å². The first-order valence-electron chi connectivity index (χ1n) is 10.3. The van der Waals surface area contributed by atoms with Gasteiger partial charge in [0.1, 0.15) is 0 Å². The zero-order chi connectivity index (χ0) is 21.0. The molecule has 1 aliphatic rings. The molecule has 0 spiro atoms. The van der Waals surface area contributed by atoms with Crippen LogP contribution in [-0.4, -0.2) is 35.9 Å². The third-order valence-corrected chi connectivity index (χ3v) is 6.60. The third-order valence-electron chi connectivity index (χ3n) is 5.32. The molecule has 0 aliphatic carbocycles. The molecule has 3 rings (SSSR count). The summed E-state index contributed by atoms with van der Waals surface area (Å²) >= 11 is 1.30. The van der Waals surface area contributed by atoms with Crippen molar-refractivity contribution >= 4 is 28.2 Å². The molecule has 2 aromatic rings. The molecule has 1 saturated heterocycles. The fourth-order valence-corrected chi connectivity index (χ4v) is 4.55. The largest absolute Gasteiger partial charge is 0.376 e. The van der Waals surface area contributed by atoms with Crippen molar-refractivity contribution in [3.05, 3.63) is 46.0 Å². The molecule has 1 aromatic heterocycles. The van der Waals surface area contributed by atoms with Crippen molar-refractivity contribution in [3.63, 3.8) is 0 Å². The van der Waals surface area contributed by atoms with Crippen LogP contribution in [-0.2, 0) is 16.0 Å². The number of benzene rings is 1. The summed E-state index contributed by atoms with van der Waals surface area (Å²) in [7, 11) is 0. The second kappa shape index (κ2) is 9.63. The molecule has 0 saturated carbocycles. The number of aryl methyl sites for hydroxylation is 2. The van der Waals surface area contributed by atoms with E-state index in [9.17, 15) is 9.59 Å². The van der Waals surface area contributed by atoms with Gasteiger partial charge in [-0.3, -0.25) is 14.5 Å². The van der Waals surface area contributed by atoms with Crippen LogP contribution >= 0.6 is 11.3 Å². The number of Topliss-reactive ketones (excluding diaryl/α,β-unsaturated/α-hetero) is 1. The van der Waals surface area contributed by atoms with Crippen molar-refractivity contribution in [3.8, 4) is 0 Å². The lowest BCUT2D eigenvalue weighted by molar-refractivity contribution is -0.119. The van der Waals surface area contributed by atoms with E-state index in [0.29, 0.717) is 41.0 Å². The topological polar surface area (TPSA) is 59.5 Å². The number of hydrogen-bond donors (Lipinski definition) is 0. The third kappa shape index (κ3) is 5.52. The van der Waals surface area contributed by atoms with E-state index >= 15 is 0 Å². The Kier molecular flexibility index (Phi) is 7.19. The summed E-state index contributed by atoms with van der Waals surface area (Å²) in [4.78, 5) is 31.8. The second-order valence-electron chi connectivity index (χ2n) is 8.00. The van der Waals surface area contributed by atoms with Gasteiger partial charge in [-0.25, -0.2) is 4.98 Å². The van der Waals surface area contributed by atoms with Gasteiger partial charge in [0, 0.05) is 20.0 Å². The molecule has 1 aliphatic heterocycles. The number of rotatable bonds is 8. The van der Waals surface area contributed by atoms with Gasteiger partial charge in [-0.05, 0) is 43.2 Å². The van der Waals surface area contributed by atoms with Crippen molar-refractivity contribution in [2.45, 2.75) is 65.4 Å². The first-order chi connectivity index (χ1) is 13.8. The maximum atomic E-state index is 13.1. The van der Waals surface area contributed by atoms with E-state index in [0.717, 1.165) is 25.0 Å². The zero-order valence-electron chi connectivity index (χ0n) is 17.7. The number of aromatic nitrogens is 1. The van der Waals surface area contributed by atoms with Crippen LogP contribution in [0.25, 0.3) is 0 Å². The summed E-state index contributed by atoms with van der Waals surface area (Å²) in [6.45, 7) is 8.94. The number of ether oxygens (including phenoxy) is 1. The zero-order valence-corrected chi connectivity index (χ0v) is 18.6. The van der Waals surface area contributed by atoms with Crippen molar-refractivity contribution < 1.29 is 14.3 Å². The summed E-state index contributed by atoms with van der Waals surface area (Å²) in [5.74, 6) is 0.509. The number of carbonyl (C=O) groups is 2. The number of anilines is 1. The summed E-state index contributed by atoms with van der Waals surface area (Å²) in [6.07, 6.45) is 3.09. The monoisotopic (exact) mass is 414 g/mol. The van der Waals surface area contributed by atoms with E-state index in [4.69, 9.17) is 4.74 Å². The van der Waals surface area contributed by atoms with Gasteiger partial charge in [-0.15, -0.1) is 0 Å². The molecule has 1 atom stereocenters. The Morgan fingerprint density at radius 1 is 1.28 bits per heavy atom. The van der Waals surface area contributed by atoms with Crippen molar-refractivity contribution in [1.82, 2.24) is 4.98 Å². The molecule has 0 bridgehead atoms. The molecular formula is C23H30N2O3S. The van der Waals surface area contributed by atoms with E-state index in [1.165, 1.54) is 23.8 Å². The van der Waals surface area contributed by atoms with Crippen LogP contribution in [0.1, 0.15) is 72.4 Å². The number of thiazole rings is 1. The predicted octanol–water partition coefficient (Wildman–Crippen LogP) is 4.92. The van der Waals surface area contributed by atoms with Crippen molar-refractivity contribution in [1.29, 1.82) is 0 Å². The van der Waals surface area contributed by atoms with Gasteiger partial charge < -0.3 is 4.74 Å². The smallest absolute Gasteiger partial charge is 0.229 e. The minimum absolute atomic E-state index is 0.0130. The molecule has 0 N–H and O–H groups in total. The van der Waals surface area contributed by atoms with Crippen LogP contribution < -0.4 is 4.90 Å². The van der Waals surface area contributed by atoms with Crippen molar-refractivity contribution in [2.24, 2.45) is 0 Å². The fraction of sp³-hybridized carbons (Fsp3) is 0.522. The maximum absolute atomic E-state index is 13.1. The lowest BCUT2D eigenvalue weighted by atomic mass is 10.0. The molecule has 1 aromatic carbocycles. The minimum atomic E-state index is -0.0130. The summed E-state index contributed by atoms with van der Waals surface area (Å²) < 4.78 is 5.75. The summed E-state index contributed by atoms with van der Waals surface area (Å²) in [6, 6.07) is 8.48. The van der Waals surface area contributed by atoms with E-state index < -0.39 is 0 Å². The lowest BCUT2D eigenvalue weighted by Crippen LogP contribution is -2.37. The van der Waals surface area contributed by atoms with Crippen LogP contribution in [0.3, 0.4) is 0 Å². The number of amides is 1. The van der Waals surface area contributed by atoms with Gasteiger partial charge in [0.15, 0.2) is 10.9 Å². The second-order valence-corrected chi connectivity index (χ2v) is 8.98. The molecule has 5 nitrogen and oxygen atoms in total. The van der Waals surface area contributed by atoms with Gasteiger partial charge in [0.2, 0.25) is 5.91 Å². The number of hydrogen-bond acceptors (Lipinski definition) is 5. The average Bonchev–Trinajstić information content (AvgIpc) is 3.34. The highest BCUT2D eigenvalue weighted by molar-refractivity contribution is 7.17. The molecule has 1 fully saturated rings. The fourth-order valence-electron chi connectivity index (χ4n) is 3.56. The normalized spacial score (nSPS) is 16.4. The van der Waals surface area contributed by atoms with Gasteiger partial charge >= 0.3 is 0 Å². The Hall–Kier alpha value is -2.05. The molecule has 1 amide bonds. The first kappa shape index (κ1) is 21.7. The number of ketones is 1. The number of nitrogens with zero attached hydrogens (tertiary/aromatic N) is 2. The Labute approximate surface area is 177 Å². The Balaban J connectivity index is 1.73. The molecule has 0 unspecified atom stereocenters. The van der Waals surface area contributed by atoms with Crippen LogP contribution in [0.15, 0.2) is 24.3 Å². The van der Waals surface area contributed by atoms with Crippen LogP contribution in [0.4, 0.5) is 5.13 Å². The first-order valence-corrected chi connectivity index (χ1v) is 11.2. The lowest BCUT2D eigenvalue weighted by Gasteiger charge is -2.23. The highest BCUT2D eigenvalue weighted by Gasteiger charge is 2.27. The Morgan fingerprint density at radius 2 is 2.00 bits per heavy atom. The summed E-state index contributed by atoms with van der Waals surface area (Å²) in [5.41, 5.74) is 3.14. The quantitative estimate of drug-likeness (QED) is 0.575. The van der Waals surface area contributed by atoms with Gasteiger partial charge in [-0.2, -0.15) is 0 Å². The maximum Gasteiger partial charge on any atom is 0.229 e. The van der Waals surface area contributed by atoms with E-state index in [2.05, 4.69) is 43.1 Å². The highest BCUT2D eigenvalue weighted by atomic mass is 32.1. The average molecular weight is 415 g/mol. The molecule has 29 heavy (non-hydrogen) atoms. The van der Waals surface area contributed by atoms with E-state index in [-0.39, 0.29) is 17.8 Å². The van der Waals surface area contributed by atoms with E-state index in [1.54, 1.807) is 4.90 Å². The van der Waals surface area contributed by atoms with Crippen molar-refractivity contribution in [2.75, 3.05) is 18.1 Å². The molecule has 156 valence electrons. The minimum Gasteiger partial charge on any atom is -0.376 e. The van der Waals surface area contributed by atoms with Gasteiger partial charge in [0.25, 0.3) is 0 Å². The molecule has 2 heterocycles. The SMILES string of the molecule is CC(=O)c1sc(N(C[C@@H]2CCCO2)C(=O)CCc2ccc(C(C)C)cc2)nc1C. The molecule has 0 radical (unpaired) electrons. The highest BCUT2D eigenvalue weighted by Crippen LogP contribution is 2.29. The Morgan fingerprint density at radius 3 is 2.55 bits per heavy atom. The predicted molar refractivity (Wildman–Crippen MR) is 117 cm³/mol. The standard InChI is InChI=1S/C23H30N2O3S/c1-15(2)19-10-7-18(8-11-19)9-12-21(27)25(14-20-6-5-13-28-20)23-24-16(3)22(29-23)17(4)26/h7-8,10-11,15,20H,5-6,9,12-14H2,1-4H3/t20-/m0/s1. The van der Waals surface area contributed by atoms with E-state index in [1.807, 2.05) is 6.92 Å². The van der Waals surface area contributed by atoms with Crippen LogP contribution in [0.5, 0.6) is 0 Å². The number of carbonyl (C=O) groups excluding carboxylic acids is 2. The molecular weight excluding hydrogens is 384 g/mol. The summed E-state index contributed by atoms with van der Waals surface area (Å²) in [5, 5.41) is 0.600. The van der Waals surface area contributed by atoms with Crippen LogP contribution in [0, 0.1) is 6.92 Å². The van der Waals surface area contributed by atoms with Crippen LogP contribution in [0.2, 0.25) is 0 Å². The van der Waals surface area contributed by atoms with Gasteiger partial charge in [0.05, 0.1) is 23.2 Å². The Bertz CT molecular complexity index is 852. The molecule has 6 heteroatoms.